The van der Waals surface area contributed by atoms with Crippen LogP contribution in [0.4, 0.5) is 0 Å². The number of carbonyl (C=O) groups is 1. The normalized spacial score (nSPS) is 23.7. The summed E-state index contributed by atoms with van der Waals surface area (Å²) in [6.45, 7) is 1.39. The second kappa shape index (κ2) is 4.88. The van der Waals surface area contributed by atoms with Crippen molar-refractivity contribution in [2.45, 2.75) is 24.9 Å². The summed E-state index contributed by atoms with van der Waals surface area (Å²) in [5.41, 5.74) is 1.15. The lowest BCUT2D eigenvalue weighted by molar-refractivity contribution is -0.131. The fourth-order valence-electron chi connectivity index (χ4n) is 3.68. The maximum atomic E-state index is 11.1. The van der Waals surface area contributed by atoms with Crippen molar-refractivity contribution in [2.75, 3.05) is 6.61 Å². The number of hydrogen-bond acceptors (Lipinski definition) is 6. The van der Waals surface area contributed by atoms with E-state index in [9.17, 15) is 20.1 Å². The van der Waals surface area contributed by atoms with Crippen molar-refractivity contribution < 1.29 is 29.6 Å². The van der Waals surface area contributed by atoms with E-state index in [1.807, 2.05) is 0 Å². The minimum atomic E-state index is -1.14. The summed E-state index contributed by atoms with van der Waals surface area (Å²) in [4.78, 5) is 11.1. The van der Waals surface area contributed by atoms with Crippen molar-refractivity contribution in [3.63, 3.8) is 0 Å². The van der Waals surface area contributed by atoms with Gasteiger partial charge in [-0.25, -0.2) is 0 Å². The van der Waals surface area contributed by atoms with E-state index in [2.05, 4.69) is 0 Å². The molecule has 0 aromatic heterocycles. The molecule has 0 radical (unpaired) electrons. The van der Waals surface area contributed by atoms with Crippen LogP contribution in [-0.4, -0.2) is 33.5 Å². The number of fused-ring (bicyclic) bond motifs is 5. The fraction of sp³-hybridized carbons (Fsp3) is 0.278. The first kappa shape index (κ1) is 14.8. The van der Waals surface area contributed by atoms with Crippen molar-refractivity contribution in [3.05, 3.63) is 47.0 Å². The van der Waals surface area contributed by atoms with Crippen LogP contribution in [0.5, 0.6) is 23.0 Å². The molecule has 0 saturated carbocycles. The van der Waals surface area contributed by atoms with Crippen LogP contribution >= 0.6 is 0 Å². The summed E-state index contributed by atoms with van der Waals surface area (Å²) in [5, 5.41) is 30.5. The first-order valence-electron chi connectivity index (χ1n) is 7.60. The number of esters is 1. The molecule has 0 fully saturated rings. The van der Waals surface area contributed by atoms with E-state index in [0.29, 0.717) is 17.9 Å². The largest absolute Gasteiger partial charge is 0.504 e. The van der Waals surface area contributed by atoms with E-state index in [1.165, 1.54) is 19.1 Å². The Hall–Kier alpha value is -2.73. The van der Waals surface area contributed by atoms with Crippen LogP contribution in [0.25, 0.3) is 0 Å². The Labute approximate surface area is 137 Å². The number of phenols is 2. The van der Waals surface area contributed by atoms with Gasteiger partial charge in [0, 0.05) is 30.9 Å². The number of carbonyl (C=O) groups excluding carboxylic acids is 1. The molecule has 3 N–H and O–H groups in total. The highest BCUT2D eigenvalue weighted by Gasteiger charge is 2.50. The molecule has 124 valence electrons. The number of aliphatic hydroxyl groups is 1. The van der Waals surface area contributed by atoms with E-state index < -0.39 is 11.6 Å². The Kier molecular flexibility index (Phi) is 3.02. The third-order valence-corrected chi connectivity index (χ3v) is 4.62. The van der Waals surface area contributed by atoms with Crippen LogP contribution in [-0.2, 0) is 11.2 Å². The van der Waals surface area contributed by atoms with E-state index in [4.69, 9.17) is 9.47 Å². The van der Waals surface area contributed by atoms with Crippen molar-refractivity contribution in [3.8, 4) is 23.0 Å². The van der Waals surface area contributed by atoms with Crippen molar-refractivity contribution in [1.82, 2.24) is 0 Å². The first-order valence-corrected chi connectivity index (χ1v) is 7.60. The van der Waals surface area contributed by atoms with Gasteiger partial charge >= 0.3 is 5.97 Å². The average Bonchev–Trinajstić information content (AvgIpc) is 2.79. The summed E-state index contributed by atoms with van der Waals surface area (Å²) in [6.07, 6.45) is 0.325. The molecule has 2 aliphatic rings. The van der Waals surface area contributed by atoms with Crippen LogP contribution in [0.15, 0.2) is 30.3 Å². The third-order valence-electron chi connectivity index (χ3n) is 4.62. The van der Waals surface area contributed by atoms with Gasteiger partial charge < -0.3 is 24.8 Å². The number of benzene rings is 2. The van der Waals surface area contributed by atoms with Crippen molar-refractivity contribution in [2.24, 2.45) is 0 Å². The summed E-state index contributed by atoms with van der Waals surface area (Å²) in [5.74, 6) is -0.324. The van der Waals surface area contributed by atoms with Gasteiger partial charge in [0.05, 0.1) is 0 Å². The highest BCUT2D eigenvalue weighted by atomic mass is 16.5. The van der Waals surface area contributed by atoms with E-state index in [0.717, 1.165) is 16.7 Å². The van der Waals surface area contributed by atoms with Gasteiger partial charge in [0.15, 0.2) is 11.5 Å². The quantitative estimate of drug-likeness (QED) is 0.420. The fourth-order valence-corrected chi connectivity index (χ4v) is 3.68. The highest BCUT2D eigenvalue weighted by Crippen LogP contribution is 2.53. The van der Waals surface area contributed by atoms with Crippen LogP contribution in [0.3, 0.4) is 0 Å². The third kappa shape index (κ3) is 2.11. The molecule has 0 saturated heterocycles. The van der Waals surface area contributed by atoms with Gasteiger partial charge in [0.25, 0.3) is 0 Å². The summed E-state index contributed by atoms with van der Waals surface area (Å²) < 4.78 is 10.8. The topological polar surface area (TPSA) is 96.2 Å². The zero-order valence-corrected chi connectivity index (χ0v) is 12.9. The summed E-state index contributed by atoms with van der Waals surface area (Å²) in [7, 11) is 0. The molecule has 2 atom stereocenters. The van der Waals surface area contributed by atoms with Gasteiger partial charge in [-0.2, -0.15) is 0 Å². The Morgan fingerprint density at radius 1 is 1.21 bits per heavy atom. The molecule has 0 spiro atoms. The molecular weight excluding hydrogens is 312 g/mol. The Morgan fingerprint density at radius 2 is 1.96 bits per heavy atom. The Morgan fingerprint density at radius 3 is 2.71 bits per heavy atom. The summed E-state index contributed by atoms with van der Waals surface area (Å²) >= 11 is 0. The molecule has 0 bridgehead atoms. The molecule has 1 heterocycles. The zero-order valence-electron chi connectivity index (χ0n) is 12.9. The Balaban J connectivity index is 1.83. The van der Waals surface area contributed by atoms with Gasteiger partial charge in [-0.05, 0) is 29.3 Å². The van der Waals surface area contributed by atoms with Crippen LogP contribution < -0.4 is 9.47 Å². The predicted octanol–water partition coefficient (Wildman–Crippen LogP) is 1.83. The second-order valence-corrected chi connectivity index (χ2v) is 6.34. The number of ether oxygens (including phenoxy) is 2. The maximum Gasteiger partial charge on any atom is 0.308 e. The lowest BCUT2D eigenvalue weighted by atomic mass is 9.80. The molecule has 2 aromatic rings. The minimum absolute atomic E-state index is 0.0738. The van der Waals surface area contributed by atoms with Gasteiger partial charge in [-0.3, -0.25) is 4.79 Å². The first-order chi connectivity index (χ1) is 11.4. The molecular formula is C18H16O6. The molecule has 0 amide bonds. The van der Waals surface area contributed by atoms with Crippen molar-refractivity contribution >= 4 is 5.97 Å². The van der Waals surface area contributed by atoms with Gasteiger partial charge in [0.2, 0.25) is 0 Å². The van der Waals surface area contributed by atoms with E-state index >= 15 is 0 Å². The number of phenolic OH excluding ortho intramolecular Hbond substituents is 2. The SMILES string of the molecule is CC(=O)Oc1ccc2c(c1)OC[C@]1(O)Cc3cc(O)c(O)cc3[C@H]21. The van der Waals surface area contributed by atoms with Gasteiger partial charge in [0.1, 0.15) is 23.7 Å². The van der Waals surface area contributed by atoms with Gasteiger partial charge in [-0.1, -0.05) is 6.07 Å². The monoisotopic (exact) mass is 328 g/mol. The predicted molar refractivity (Wildman–Crippen MR) is 83.5 cm³/mol. The molecule has 2 aromatic carbocycles. The van der Waals surface area contributed by atoms with Crippen LogP contribution in [0.2, 0.25) is 0 Å². The Bertz CT molecular complexity index is 859. The number of aromatic hydroxyl groups is 2. The van der Waals surface area contributed by atoms with Gasteiger partial charge in [-0.15, -0.1) is 0 Å². The highest BCUT2D eigenvalue weighted by molar-refractivity contribution is 5.70. The zero-order chi connectivity index (χ0) is 17.1. The lowest BCUT2D eigenvalue weighted by Gasteiger charge is -2.36. The number of hydrogen-bond donors (Lipinski definition) is 3. The maximum absolute atomic E-state index is 11.1. The smallest absolute Gasteiger partial charge is 0.308 e. The lowest BCUT2D eigenvalue weighted by Crippen LogP contribution is -2.43. The van der Waals surface area contributed by atoms with E-state index in [-0.39, 0.29) is 24.0 Å². The second-order valence-electron chi connectivity index (χ2n) is 6.34. The number of rotatable bonds is 1. The average molecular weight is 328 g/mol. The molecule has 4 rings (SSSR count). The van der Waals surface area contributed by atoms with Crippen LogP contribution in [0, 0.1) is 0 Å². The molecule has 6 heteroatoms. The molecule has 24 heavy (non-hydrogen) atoms. The van der Waals surface area contributed by atoms with Crippen LogP contribution in [0.1, 0.15) is 29.5 Å². The summed E-state index contributed by atoms with van der Waals surface area (Å²) in [6, 6.07) is 7.99. The molecule has 0 unspecified atom stereocenters. The molecule has 1 aliphatic heterocycles. The van der Waals surface area contributed by atoms with Crippen molar-refractivity contribution in [1.29, 1.82) is 0 Å². The minimum Gasteiger partial charge on any atom is -0.504 e. The molecule has 6 nitrogen and oxygen atoms in total. The molecule has 1 aliphatic carbocycles. The van der Waals surface area contributed by atoms with E-state index in [1.54, 1.807) is 18.2 Å². The standard InChI is InChI=1S/C18H16O6/c1-9(19)24-11-2-3-12-16(5-11)23-8-18(22)7-10-4-14(20)15(21)6-13(10)17(12)18/h2-6,17,20-22H,7-8H2,1H3/t17-,18+/m0/s1.